The Balaban J connectivity index is 1.85. The van der Waals surface area contributed by atoms with E-state index in [1.165, 1.54) is 14.2 Å². The highest BCUT2D eigenvalue weighted by molar-refractivity contribution is 6.04. The molecule has 1 N–H and O–H groups in total. The van der Waals surface area contributed by atoms with Gasteiger partial charge < -0.3 is 19.6 Å². The van der Waals surface area contributed by atoms with Crippen LogP contribution in [0.1, 0.15) is 31.2 Å². The van der Waals surface area contributed by atoms with Crippen LogP contribution in [0, 0.1) is 11.6 Å². The zero-order chi connectivity index (χ0) is 19.1. The van der Waals surface area contributed by atoms with Gasteiger partial charge in [0.1, 0.15) is 23.5 Å². The van der Waals surface area contributed by atoms with Gasteiger partial charge in [-0.25, -0.2) is 8.78 Å². The number of nitrogens with zero attached hydrogens (tertiary/aromatic N) is 1. The van der Waals surface area contributed by atoms with Gasteiger partial charge in [0.2, 0.25) is 5.91 Å². The number of rotatable bonds is 8. The van der Waals surface area contributed by atoms with Gasteiger partial charge in [-0.05, 0) is 6.42 Å². The van der Waals surface area contributed by atoms with Crippen molar-refractivity contribution in [1.29, 1.82) is 0 Å². The molecule has 1 aliphatic heterocycles. The monoisotopic (exact) mass is 370 g/mol. The zero-order valence-electron chi connectivity index (χ0n) is 14.5. The molecule has 142 valence electrons. The van der Waals surface area contributed by atoms with E-state index >= 15 is 0 Å². The van der Waals surface area contributed by atoms with E-state index in [0.29, 0.717) is 13.0 Å². The highest BCUT2D eigenvalue weighted by atomic mass is 19.1. The molecule has 0 radical (unpaired) electrons. The predicted octanol–water partition coefficient (Wildman–Crippen LogP) is 1.93. The summed E-state index contributed by atoms with van der Waals surface area (Å²) in [5.74, 6) is -2.17. The summed E-state index contributed by atoms with van der Waals surface area (Å²) >= 11 is 0. The largest absolute Gasteiger partial charge is 0.496 e. The number of benzene rings is 1. The number of ether oxygens (including phenoxy) is 2. The smallest absolute Gasteiger partial charge is 0.305 e. The molecule has 1 unspecified atom stereocenters. The van der Waals surface area contributed by atoms with Crippen molar-refractivity contribution in [3.8, 4) is 5.75 Å². The molecule has 1 atom stereocenters. The fraction of sp³-hybridized carbons (Fsp3) is 0.471. The van der Waals surface area contributed by atoms with Crippen LogP contribution in [0.2, 0.25) is 0 Å². The van der Waals surface area contributed by atoms with Gasteiger partial charge in [-0.1, -0.05) is 5.16 Å². The van der Waals surface area contributed by atoms with Crippen molar-refractivity contribution in [1.82, 2.24) is 5.32 Å². The normalized spacial score (nSPS) is 15.8. The van der Waals surface area contributed by atoms with Gasteiger partial charge in [0.05, 0.1) is 31.9 Å². The summed E-state index contributed by atoms with van der Waals surface area (Å²) in [6.45, 7) is 0.328. The molecule has 1 amide bonds. The van der Waals surface area contributed by atoms with Gasteiger partial charge in [-0.3, -0.25) is 9.59 Å². The molecule has 9 heteroatoms. The molecule has 7 nitrogen and oxygen atoms in total. The van der Waals surface area contributed by atoms with Crippen LogP contribution in [0.25, 0.3) is 0 Å². The van der Waals surface area contributed by atoms with Crippen LogP contribution < -0.4 is 10.1 Å². The van der Waals surface area contributed by atoms with Crippen LogP contribution in [0.15, 0.2) is 17.3 Å². The van der Waals surface area contributed by atoms with Crippen molar-refractivity contribution in [3.63, 3.8) is 0 Å². The Morgan fingerprint density at radius 2 is 2.12 bits per heavy atom. The van der Waals surface area contributed by atoms with Gasteiger partial charge in [0.25, 0.3) is 0 Å². The zero-order valence-corrected chi connectivity index (χ0v) is 14.5. The number of nitrogens with one attached hydrogen (secondary N) is 1. The van der Waals surface area contributed by atoms with E-state index in [1.807, 2.05) is 0 Å². The first-order valence-corrected chi connectivity index (χ1v) is 8.04. The molecule has 0 fully saturated rings. The summed E-state index contributed by atoms with van der Waals surface area (Å²) in [6, 6.07) is 1.80. The third-order valence-corrected chi connectivity index (χ3v) is 3.78. The molecule has 0 saturated carbocycles. The second-order valence-corrected chi connectivity index (χ2v) is 5.67. The molecule has 1 aliphatic rings. The molecule has 0 bridgehead atoms. The Morgan fingerprint density at radius 3 is 2.81 bits per heavy atom. The maximum atomic E-state index is 14.1. The summed E-state index contributed by atoms with van der Waals surface area (Å²) in [7, 11) is 2.60. The van der Waals surface area contributed by atoms with E-state index in [1.54, 1.807) is 0 Å². The lowest BCUT2D eigenvalue weighted by Gasteiger charge is -2.10. The molecule has 2 rings (SSSR count). The molecule has 0 aliphatic carbocycles. The Bertz CT molecular complexity index is 709. The quantitative estimate of drug-likeness (QED) is 0.558. The number of hydrogen-bond donors (Lipinski definition) is 1. The molecule has 1 heterocycles. The Kier molecular flexibility index (Phi) is 6.88. The first kappa shape index (κ1) is 19.6. The number of carbonyl (C=O) groups excluding carboxylic acids is 2. The van der Waals surface area contributed by atoms with E-state index in [4.69, 9.17) is 9.57 Å². The highest BCUT2D eigenvalue weighted by Crippen LogP contribution is 2.29. The molecular weight excluding hydrogens is 350 g/mol. The van der Waals surface area contributed by atoms with E-state index in [0.717, 1.165) is 12.1 Å². The molecule has 26 heavy (non-hydrogen) atoms. The third-order valence-electron chi connectivity index (χ3n) is 3.78. The van der Waals surface area contributed by atoms with Crippen LogP contribution in [0.5, 0.6) is 5.75 Å². The summed E-state index contributed by atoms with van der Waals surface area (Å²) in [4.78, 5) is 28.0. The van der Waals surface area contributed by atoms with Crippen LogP contribution in [0.4, 0.5) is 8.78 Å². The maximum absolute atomic E-state index is 14.1. The molecule has 1 aromatic carbocycles. The minimum atomic E-state index is -0.808. The number of esters is 1. The van der Waals surface area contributed by atoms with E-state index < -0.39 is 17.7 Å². The second-order valence-electron chi connectivity index (χ2n) is 5.67. The minimum Gasteiger partial charge on any atom is -0.496 e. The van der Waals surface area contributed by atoms with Crippen LogP contribution in [-0.4, -0.2) is 44.5 Å². The van der Waals surface area contributed by atoms with Gasteiger partial charge >= 0.3 is 5.97 Å². The standard InChI is InChI=1S/C17H20F2N2O5/c1-24-14-7-10(18)6-12(19)17(14)13-8-11(26-21-13)9-15(22)20-5-3-4-16(23)25-2/h6-7,11H,3-5,8-9H2,1-2H3,(H,20,22). The fourth-order valence-electron chi connectivity index (χ4n) is 2.52. The summed E-state index contributed by atoms with van der Waals surface area (Å²) in [6.07, 6.45) is 0.335. The lowest BCUT2D eigenvalue weighted by Crippen LogP contribution is -2.28. The molecule has 0 saturated heterocycles. The number of methoxy groups -OCH3 is 2. The summed E-state index contributed by atoms with van der Waals surface area (Å²) < 4.78 is 36.8. The number of carbonyl (C=O) groups is 2. The van der Waals surface area contributed by atoms with Crippen molar-refractivity contribution in [2.45, 2.75) is 31.8 Å². The number of halogens is 2. The van der Waals surface area contributed by atoms with Crippen molar-refractivity contribution < 1.29 is 32.7 Å². The van der Waals surface area contributed by atoms with Gasteiger partial charge in [0.15, 0.2) is 0 Å². The van der Waals surface area contributed by atoms with E-state index in [9.17, 15) is 18.4 Å². The average Bonchev–Trinajstić information content (AvgIpc) is 3.05. The van der Waals surface area contributed by atoms with Crippen molar-refractivity contribution in [2.75, 3.05) is 20.8 Å². The second kappa shape index (κ2) is 9.12. The van der Waals surface area contributed by atoms with Gasteiger partial charge in [-0.15, -0.1) is 0 Å². The van der Waals surface area contributed by atoms with Crippen molar-refractivity contribution in [2.24, 2.45) is 5.16 Å². The lowest BCUT2D eigenvalue weighted by atomic mass is 10.0. The molecule has 0 aromatic heterocycles. The van der Waals surface area contributed by atoms with Crippen LogP contribution in [-0.2, 0) is 19.2 Å². The first-order chi connectivity index (χ1) is 12.4. The number of hydrogen-bond acceptors (Lipinski definition) is 6. The molecule has 1 aromatic rings. The Morgan fingerprint density at radius 1 is 1.35 bits per heavy atom. The van der Waals surface area contributed by atoms with E-state index in [2.05, 4.69) is 15.2 Å². The number of oxime groups is 1. The minimum absolute atomic E-state index is 0.0118. The summed E-state index contributed by atoms with van der Waals surface area (Å²) in [5.41, 5.74) is 0.276. The average molecular weight is 370 g/mol. The first-order valence-electron chi connectivity index (χ1n) is 8.04. The lowest BCUT2D eigenvalue weighted by molar-refractivity contribution is -0.140. The molecule has 0 spiro atoms. The van der Waals surface area contributed by atoms with Crippen molar-refractivity contribution in [3.05, 3.63) is 29.3 Å². The highest BCUT2D eigenvalue weighted by Gasteiger charge is 2.28. The van der Waals surface area contributed by atoms with Gasteiger partial charge in [0, 0.05) is 31.5 Å². The Hall–Kier alpha value is -2.71. The third kappa shape index (κ3) is 5.14. The topological polar surface area (TPSA) is 86.2 Å². The SMILES string of the molecule is COC(=O)CCCNC(=O)CC1CC(c2c(F)cc(F)cc2OC)=NO1. The molecular formula is C17H20F2N2O5. The van der Waals surface area contributed by atoms with Crippen LogP contribution in [0.3, 0.4) is 0 Å². The predicted molar refractivity (Wildman–Crippen MR) is 87.8 cm³/mol. The number of amides is 1. The van der Waals surface area contributed by atoms with E-state index in [-0.39, 0.29) is 48.2 Å². The fourth-order valence-corrected chi connectivity index (χ4v) is 2.52. The van der Waals surface area contributed by atoms with Crippen LogP contribution >= 0.6 is 0 Å². The maximum Gasteiger partial charge on any atom is 0.305 e. The Labute approximate surface area is 149 Å². The van der Waals surface area contributed by atoms with Gasteiger partial charge in [-0.2, -0.15) is 0 Å². The van der Waals surface area contributed by atoms with Crippen molar-refractivity contribution >= 4 is 17.6 Å². The summed E-state index contributed by atoms with van der Waals surface area (Å²) in [5, 5.41) is 6.46.